The molecule has 5 heteroatoms. The Balaban J connectivity index is 1.96. The molecule has 1 atom stereocenters. The molecule has 0 spiro atoms. The highest BCUT2D eigenvalue weighted by Crippen LogP contribution is 2.21. The van der Waals surface area contributed by atoms with Crippen LogP contribution in [-0.2, 0) is 0 Å². The van der Waals surface area contributed by atoms with E-state index in [1.54, 1.807) is 6.20 Å². The third-order valence-electron chi connectivity index (χ3n) is 2.53. The standard InChI is InChI=1S/C10H12N4S/c1-2-7-9(12-3-1)14-10(13-7)8-6-15-5-4-11-8/h1-3,8,11H,4-6H2,(H,12,13,14). The van der Waals surface area contributed by atoms with Gasteiger partial charge in [-0.2, -0.15) is 11.8 Å². The summed E-state index contributed by atoms with van der Waals surface area (Å²) in [6.07, 6.45) is 1.77. The normalized spacial score (nSPS) is 22.0. The van der Waals surface area contributed by atoms with Crippen LogP contribution in [-0.4, -0.2) is 33.0 Å². The van der Waals surface area contributed by atoms with Crippen LogP contribution in [0.15, 0.2) is 18.3 Å². The van der Waals surface area contributed by atoms with Crippen LogP contribution in [0.5, 0.6) is 0 Å². The van der Waals surface area contributed by atoms with Gasteiger partial charge in [0.05, 0.1) is 11.6 Å². The Morgan fingerprint density at radius 1 is 1.47 bits per heavy atom. The lowest BCUT2D eigenvalue weighted by Gasteiger charge is -2.20. The van der Waals surface area contributed by atoms with Gasteiger partial charge in [0.15, 0.2) is 5.65 Å². The number of pyridine rings is 1. The number of imidazole rings is 1. The zero-order chi connectivity index (χ0) is 10.1. The van der Waals surface area contributed by atoms with Gasteiger partial charge in [0.2, 0.25) is 0 Å². The number of aromatic amines is 1. The number of H-pyrrole nitrogens is 1. The average molecular weight is 220 g/mol. The molecule has 78 valence electrons. The summed E-state index contributed by atoms with van der Waals surface area (Å²) in [6.45, 7) is 1.06. The first-order chi connectivity index (χ1) is 7.43. The van der Waals surface area contributed by atoms with E-state index < -0.39 is 0 Å². The van der Waals surface area contributed by atoms with Crippen LogP contribution in [0.2, 0.25) is 0 Å². The highest BCUT2D eigenvalue weighted by molar-refractivity contribution is 7.99. The number of nitrogens with one attached hydrogen (secondary N) is 2. The quantitative estimate of drug-likeness (QED) is 0.761. The fourth-order valence-corrected chi connectivity index (χ4v) is 2.71. The van der Waals surface area contributed by atoms with Crippen LogP contribution in [0, 0.1) is 0 Å². The van der Waals surface area contributed by atoms with Crippen molar-refractivity contribution in [3.8, 4) is 0 Å². The molecule has 0 aromatic carbocycles. The van der Waals surface area contributed by atoms with Gasteiger partial charge in [0, 0.05) is 24.2 Å². The molecular weight excluding hydrogens is 208 g/mol. The monoisotopic (exact) mass is 220 g/mol. The van der Waals surface area contributed by atoms with Gasteiger partial charge in [-0.3, -0.25) is 0 Å². The third kappa shape index (κ3) is 1.72. The molecule has 0 amide bonds. The van der Waals surface area contributed by atoms with Crippen molar-refractivity contribution in [2.45, 2.75) is 6.04 Å². The average Bonchev–Trinajstić information content (AvgIpc) is 2.74. The summed E-state index contributed by atoms with van der Waals surface area (Å²) in [4.78, 5) is 12.0. The van der Waals surface area contributed by atoms with E-state index in [2.05, 4.69) is 20.3 Å². The maximum atomic E-state index is 4.49. The minimum absolute atomic E-state index is 0.345. The summed E-state index contributed by atoms with van der Waals surface area (Å²) in [7, 11) is 0. The van der Waals surface area contributed by atoms with E-state index in [-0.39, 0.29) is 0 Å². The second kappa shape index (κ2) is 3.83. The number of hydrogen-bond donors (Lipinski definition) is 2. The van der Waals surface area contributed by atoms with E-state index in [1.165, 1.54) is 5.75 Å². The molecule has 1 aliphatic rings. The van der Waals surface area contributed by atoms with Crippen molar-refractivity contribution in [1.82, 2.24) is 20.3 Å². The number of hydrogen-bond acceptors (Lipinski definition) is 4. The summed E-state index contributed by atoms with van der Waals surface area (Å²) in [6, 6.07) is 4.28. The number of thioether (sulfide) groups is 1. The van der Waals surface area contributed by atoms with Crippen LogP contribution < -0.4 is 5.32 Å². The Bertz CT molecular complexity index is 428. The molecule has 3 heterocycles. The molecule has 3 rings (SSSR count). The summed E-state index contributed by atoms with van der Waals surface area (Å²) in [5.41, 5.74) is 1.83. The van der Waals surface area contributed by atoms with Gasteiger partial charge in [-0.05, 0) is 12.1 Å². The number of aromatic nitrogens is 3. The number of nitrogens with zero attached hydrogens (tertiary/aromatic N) is 2. The molecule has 1 aliphatic heterocycles. The molecule has 2 aromatic rings. The second-order valence-electron chi connectivity index (χ2n) is 3.58. The van der Waals surface area contributed by atoms with Crippen molar-refractivity contribution in [2.75, 3.05) is 18.1 Å². The Kier molecular flexibility index (Phi) is 2.34. The van der Waals surface area contributed by atoms with Gasteiger partial charge in [-0.15, -0.1) is 0 Å². The van der Waals surface area contributed by atoms with E-state index in [9.17, 15) is 0 Å². The van der Waals surface area contributed by atoms with Gasteiger partial charge in [0.25, 0.3) is 0 Å². The van der Waals surface area contributed by atoms with Crippen molar-refractivity contribution >= 4 is 22.9 Å². The van der Waals surface area contributed by atoms with Crippen molar-refractivity contribution < 1.29 is 0 Å². The van der Waals surface area contributed by atoms with Crippen LogP contribution in [0.3, 0.4) is 0 Å². The summed E-state index contributed by atoms with van der Waals surface area (Å²) in [5, 5.41) is 3.45. The largest absolute Gasteiger partial charge is 0.339 e. The van der Waals surface area contributed by atoms with Gasteiger partial charge in [-0.1, -0.05) is 0 Å². The topological polar surface area (TPSA) is 53.6 Å². The highest BCUT2D eigenvalue weighted by Gasteiger charge is 2.18. The second-order valence-corrected chi connectivity index (χ2v) is 4.73. The lowest BCUT2D eigenvalue weighted by atomic mass is 10.3. The van der Waals surface area contributed by atoms with Crippen LogP contribution in [0.25, 0.3) is 11.2 Å². The van der Waals surface area contributed by atoms with Crippen LogP contribution in [0.4, 0.5) is 0 Å². The molecule has 1 saturated heterocycles. The highest BCUT2D eigenvalue weighted by atomic mass is 32.2. The Morgan fingerprint density at radius 3 is 3.27 bits per heavy atom. The molecule has 0 radical (unpaired) electrons. The molecule has 1 unspecified atom stereocenters. The van der Waals surface area contributed by atoms with Crippen molar-refractivity contribution in [1.29, 1.82) is 0 Å². The van der Waals surface area contributed by atoms with Gasteiger partial charge in [-0.25, -0.2) is 9.97 Å². The maximum Gasteiger partial charge on any atom is 0.177 e. The minimum atomic E-state index is 0.345. The van der Waals surface area contributed by atoms with E-state index >= 15 is 0 Å². The van der Waals surface area contributed by atoms with Crippen LogP contribution in [0.1, 0.15) is 11.9 Å². The first-order valence-electron chi connectivity index (χ1n) is 5.05. The molecule has 2 N–H and O–H groups in total. The van der Waals surface area contributed by atoms with Gasteiger partial charge < -0.3 is 10.3 Å². The molecule has 0 bridgehead atoms. The van der Waals surface area contributed by atoms with Crippen LogP contribution >= 0.6 is 11.8 Å². The molecule has 1 fully saturated rings. The summed E-state index contributed by atoms with van der Waals surface area (Å²) >= 11 is 1.96. The summed E-state index contributed by atoms with van der Waals surface area (Å²) in [5.74, 6) is 3.28. The zero-order valence-electron chi connectivity index (χ0n) is 8.23. The van der Waals surface area contributed by atoms with E-state index in [4.69, 9.17) is 0 Å². The predicted molar refractivity (Wildman–Crippen MR) is 62.0 cm³/mol. The molecule has 15 heavy (non-hydrogen) atoms. The molecule has 4 nitrogen and oxygen atoms in total. The Labute approximate surface area is 91.9 Å². The van der Waals surface area contributed by atoms with E-state index in [1.807, 2.05) is 23.9 Å². The zero-order valence-corrected chi connectivity index (χ0v) is 9.05. The Hall–Kier alpha value is -1.07. The molecule has 2 aromatic heterocycles. The van der Waals surface area contributed by atoms with Gasteiger partial charge >= 0.3 is 0 Å². The van der Waals surface area contributed by atoms with Crippen molar-refractivity contribution in [2.24, 2.45) is 0 Å². The fourth-order valence-electron chi connectivity index (χ4n) is 1.77. The lowest BCUT2D eigenvalue weighted by molar-refractivity contribution is 0.570. The smallest absolute Gasteiger partial charge is 0.177 e. The first kappa shape index (κ1) is 9.18. The summed E-state index contributed by atoms with van der Waals surface area (Å²) < 4.78 is 0. The number of rotatable bonds is 1. The predicted octanol–water partition coefficient (Wildman–Crippen LogP) is 1.34. The first-order valence-corrected chi connectivity index (χ1v) is 6.21. The molecule has 0 saturated carbocycles. The number of fused-ring (bicyclic) bond motifs is 1. The third-order valence-corrected chi connectivity index (χ3v) is 3.59. The lowest BCUT2D eigenvalue weighted by Crippen LogP contribution is -2.30. The van der Waals surface area contributed by atoms with E-state index in [0.717, 1.165) is 29.3 Å². The van der Waals surface area contributed by atoms with E-state index in [0.29, 0.717) is 6.04 Å². The molecular formula is C10H12N4S. The fraction of sp³-hybridized carbons (Fsp3) is 0.400. The maximum absolute atomic E-state index is 4.49. The van der Waals surface area contributed by atoms with Gasteiger partial charge in [0.1, 0.15) is 5.82 Å². The SMILES string of the molecule is c1cnc2nc(C3CSCCN3)[nH]c2c1. The van der Waals surface area contributed by atoms with Crippen molar-refractivity contribution in [3.63, 3.8) is 0 Å². The molecule has 0 aliphatic carbocycles. The van der Waals surface area contributed by atoms with Crippen molar-refractivity contribution in [3.05, 3.63) is 24.2 Å². The minimum Gasteiger partial charge on any atom is -0.339 e. The Morgan fingerprint density at radius 2 is 2.47 bits per heavy atom.